The van der Waals surface area contributed by atoms with Gasteiger partial charge in [-0.1, -0.05) is 19.1 Å². The van der Waals surface area contributed by atoms with Gasteiger partial charge in [-0.2, -0.15) is 13.2 Å². The quantitative estimate of drug-likeness (QED) is 0.340. The van der Waals surface area contributed by atoms with Crippen LogP contribution in [0.2, 0.25) is 0 Å². The van der Waals surface area contributed by atoms with Crippen molar-refractivity contribution in [3.63, 3.8) is 0 Å². The molecule has 0 aliphatic heterocycles. The summed E-state index contributed by atoms with van der Waals surface area (Å²) < 4.78 is 76.3. The van der Waals surface area contributed by atoms with E-state index < -0.39 is 39.8 Å². The molecule has 1 aliphatic rings. The van der Waals surface area contributed by atoms with Gasteiger partial charge in [0.05, 0.1) is 35.3 Å². The van der Waals surface area contributed by atoms with Crippen LogP contribution in [0.5, 0.6) is 0 Å². The number of anilines is 1. The van der Waals surface area contributed by atoms with Gasteiger partial charge >= 0.3 is 6.18 Å². The van der Waals surface area contributed by atoms with Gasteiger partial charge in [-0.3, -0.25) is 0 Å². The minimum atomic E-state index is -4.60. The number of fused-ring (bicyclic) bond motifs is 1. The highest BCUT2D eigenvalue weighted by Gasteiger charge is 2.30. The van der Waals surface area contributed by atoms with Crippen LogP contribution in [0.25, 0.3) is 22.3 Å². The van der Waals surface area contributed by atoms with Gasteiger partial charge < -0.3 is 10.2 Å². The zero-order chi connectivity index (χ0) is 28.4. The minimum absolute atomic E-state index is 0.184. The van der Waals surface area contributed by atoms with E-state index in [0.717, 1.165) is 37.3 Å². The van der Waals surface area contributed by atoms with Crippen molar-refractivity contribution in [2.45, 2.75) is 69.5 Å². The molecule has 2 heterocycles. The summed E-state index contributed by atoms with van der Waals surface area (Å²) in [6, 6.07) is 6.66. The maximum absolute atomic E-state index is 14.8. The van der Waals surface area contributed by atoms with Crippen LogP contribution in [0.4, 0.5) is 23.5 Å². The lowest BCUT2D eigenvalue weighted by molar-refractivity contribution is -0.129. The molecule has 1 aromatic carbocycles. The predicted octanol–water partition coefficient (Wildman–Crippen LogP) is 5.55. The minimum Gasteiger partial charge on any atom is -0.351 e. The molecule has 3 aromatic rings. The van der Waals surface area contributed by atoms with Crippen LogP contribution < -0.4 is 5.32 Å². The van der Waals surface area contributed by atoms with E-state index in [1.54, 1.807) is 6.20 Å². The molecule has 4 rings (SSSR count). The van der Waals surface area contributed by atoms with Crippen molar-refractivity contribution < 1.29 is 26.0 Å². The third-order valence-electron chi connectivity index (χ3n) is 7.19. The summed E-state index contributed by atoms with van der Waals surface area (Å²) in [5.74, 6) is -2.16. The third kappa shape index (κ3) is 7.63. The van der Waals surface area contributed by atoms with Crippen LogP contribution in [0.1, 0.15) is 50.2 Å². The normalized spacial score (nSPS) is 18.6. The van der Waals surface area contributed by atoms with E-state index in [4.69, 9.17) is 4.98 Å². The molecule has 0 radical (unpaired) electrons. The number of aromatic nitrogens is 3. The SMILES string of the molecule is CCc1cc(-c2ccc(CS(=O)(=O)CCC(F)(F)F)c(F)c2)nc2cnc(NC3CCC(N(C)C)CC3)nc12. The van der Waals surface area contributed by atoms with Gasteiger partial charge in [0.25, 0.3) is 0 Å². The predicted molar refractivity (Wildman–Crippen MR) is 144 cm³/mol. The van der Waals surface area contributed by atoms with Gasteiger partial charge in [-0.25, -0.2) is 27.8 Å². The van der Waals surface area contributed by atoms with Crippen LogP contribution in [0.3, 0.4) is 0 Å². The fraction of sp³-hybridized carbons (Fsp3) is 0.519. The van der Waals surface area contributed by atoms with E-state index in [2.05, 4.69) is 34.3 Å². The van der Waals surface area contributed by atoms with Gasteiger partial charge in [-0.15, -0.1) is 0 Å². The van der Waals surface area contributed by atoms with Crippen LogP contribution >= 0.6 is 0 Å². The molecule has 1 fully saturated rings. The number of hydrogen-bond acceptors (Lipinski definition) is 7. The molecule has 0 atom stereocenters. The largest absolute Gasteiger partial charge is 0.390 e. The van der Waals surface area contributed by atoms with Crippen molar-refractivity contribution in [1.29, 1.82) is 0 Å². The summed E-state index contributed by atoms with van der Waals surface area (Å²) in [7, 11) is 0.0820. The number of aryl methyl sites for hydroxylation is 1. The first-order chi connectivity index (χ1) is 18.3. The standard InChI is InChI=1S/C27H33F4N5O2S/c1-4-17-14-23(18-5-6-19(22(28)13-18)16-39(37,38)12-11-27(29,30)31)34-24-15-32-26(35-25(17)24)33-20-7-9-21(10-8-20)36(2)3/h5-6,13-15,20-21H,4,7-12,16H2,1-3H3,(H,32,33,35). The number of nitrogens with one attached hydrogen (secondary N) is 1. The van der Waals surface area contributed by atoms with Crippen molar-refractivity contribution >= 4 is 26.8 Å². The average Bonchev–Trinajstić information content (AvgIpc) is 2.88. The fourth-order valence-corrected chi connectivity index (χ4v) is 6.29. The number of benzene rings is 1. The first-order valence-corrected chi connectivity index (χ1v) is 14.8. The Bertz CT molecular complexity index is 1420. The van der Waals surface area contributed by atoms with Crippen molar-refractivity contribution in [2.75, 3.05) is 25.2 Å². The van der Waals surface area contributed by atoms with E-state index in [1.807, 2.05) is 13.0 Å². The lowest BCUT2D eigenvalue weighted by atomic mass is 9.91. The van der Waals surface area contributed by atoms with E-state index in [0.29, 0.717) is 46.7 Å². The molecule has 1 N–H and O–H groups in total. The number of pyridine rings is 1. The average molecular weight is 568 g/mol. The Hall–Kier alpha value is -2.86. The highest BCUT2D eigenvalue weighted by Crippen LogP contribution is 2.28. The molecule has 0 unspecified atom stereocenters. The number of hydrogen-bond donors (Lipinski definition) is 1. The highest BCUT2D eigenvalue weighted by atomic mass is 32.2. The van der Waals surface area contributed by atoms with Crippen molar-refractivity contribution in [2.24, 2.45) is 0 Å². The fourth-order valence-electron chi connectivity index (χ4n) is 4.90. The molecular formula is C27H33F4N5O2S. The van der Waals surface area contributed by atoms with E-state index in [1.165, 1.54) is 12.1 Å². The maximum atomic E-state index is 14.8. The second-order valence-corrected chi connectivity index (χ2v) is 12.5. The Morgan fingerprint density at radius 1 is 1.05 bits per heavy atom. The van der Waals surface area contributed by atoms with Crippen molar-refractivity contribution in [3.05, 3.63) is 47.4 Å². The Morgan fingerprint density at radius 3 is 2.38 bits per heavy atom. The zero-order valence-corrected chi connectivity index (χ0v) is 23.0. The molecule has 39 heavy (non-hydrogen) atoms. The zero-order valence-electron chi connectivity index (χ0n) is 22.2. The van der Waals surface area contributed by atoms with Gasteiger partial charge in [0.1, 0.15) is 11.3 Å². The van der Waals surface area contributed by atoms with Crippen LogP contribution in [-0.4, -0.2) is 66.4 Å². The van der Waals surface area contributed by atoms with Gasteiger partial charge in [0.2, 0.25) is 5.95 Å². The van der Waals surface area contributed by atoms with Crippen LogP contribution in [-0.2, 0) is 22.0 Å². The third-order valence-corrected chi connectivity index (χ3v) is 8.76. The Morgan fingerprint density at radius 2 is 1.77 bits per heavy atom. The first-order valence-electron chi connectivity index (χ1n) is 13.0. The second-order valence-electron chi connectivity index (χ2n) is 10.3. The van der Waals surface area contributed by atoms with Crippen LogP contribution in [0.15, 0.2) is 30.5 Å². The molecular weight excluding hydrogens is 534 g/mol. The Kier molecular flexibility index (Phi) is 8.75. The summed E-state index contributed by atoms with van der Waals surface area (Å²) in [5.41, 5.74) is 2.85. The first kappa shape index (κ1) is 29.1. The van der Waals surface area contributed by atoms with E-state index >= 15 is 0 Å². The topological polar surface area (TPSA) is 88.1 Å². The second kappa shape index (κ2) is 11.7. The summed E-state index contributed by atoms with van der Waals surface area (Å²) in [4.78, 5) is 16.0. The van der Waals surface area contributed by atoms with E-state index in [9.17, 15) is 26.0 Å². The molecule has 1 saturated carbocycles. The van der Waals surface area contributed by atoms with Gasteiger partial charge in [-0.05, 0) is 63.9 Å². The number of alkyl halides is 3. The molecule has 0 amide bonds. The lowest BCUT2D eigenvalue weighted by Crippen LogP contribution is -2.36. The molecule has 0 saturated heterocycles. The Balaban J connectivity index is 1.52. The van der Waals surface area contributed by atoms with Crippen LogP contribution in [0, 0.1) is 5.82 Å². The van der Waals surface area contributed by atoms with Crippen molar-refractivity contribution in [1.82, 2.24) is 19.9 Å². The molecule has 212 valence electrons. The van der Waals surface area contributed by atoms with Gasteiger partial charge in [0.15, 0.2) is 9.84 Å². The number of sulfone groups is 1. The monoisotopic (exact) mass is 567 g/mol. The summed E-state index contributed by atoms with van der Waals surface area (Å²) >= 11 is 0. The molecule has 7 nitrogen and oxygen atoms in total. The molecule has 0 spiro atoms. The number of nitrogens with zero attached hydrogens (tertiary/aromatic N) is 4. The maximum Gasteiger partial charge on any atom is 0.390 e. The highest BCUT2D eigenvalue weighted by molar-refractivity contribution is 7.90. The number of rotatable bonds is 9. The summed E-state index contributed by atoms with van der Waals surface area (Å²) in [5, 5.41) is 3.45. The molecule has 1 aliphatic carbocycles. The van der Waals surface area contributed by atoms with Crippen molar-refractivity contribution in [3.8, 4) is 11.3 Å². The Labute approximate surface area is 226 Å². The molecule has 0 bridgehead atoms. The van der Waals surface area contributed by atoms with E-state index in [-0.39, 0.29) is 5.56 Å². The lowest BCUT2D eigenvalue weighted by Gasteiger charge is -2.32. The number of halogens is 4. The summed E-state index contributed by atoms with van der Waals surface area (Å²) in [6.45, 7) is 1.98. The molecule has 12 heteroatoms. The smallest absolute Gasteiger partial charge is 0.351 e. The summed E-state index contributed by atoms with van der Waals surface area (Å²) in [6.07, 6.45) is 0.509. The molecule has 2 aromatic heterocycles. The van der Waals surface area contributed by atoms with Gasteiger partial charge in [0, 0.05) is 23.2 Å².